The summed E-state index contributed by atoms with van der Waals surface area (Å²) in [7, 11) is 0. The third-order valence-electron chi connectivity index (χ3n) is 4.07. The van der Waals surface area contributed by atoms with Crippen LogP contribution in [-0.4, -0.2) is 23.3 Å². The molecule has 4 nitrogen and oxygen atoms in total. The number of carbonyl (C=O) groups is 2. The summed E-state index contributed by atoms with van der Waals surface area (Å²) in [6.07, 6.45) is 1.63. The summed E-state index contributed by atoms with van der Waals surface area (Å²) in [5, 5.41) is 2.84. The average molecular weight is 350 g/mol. The van der Waals surface area contributed by atoms with E-state index in [9.17, 15) is 9.59 Å². The van der Waals surface area contributed by atoms with Crippen molar-refractivity contribution in [2.75, 3.05) is 6.54 Å². The van der Waals surface area contributed by atoms with E-state index in [4.69, 9.17) is 0 Å². The lowest BCUT2D eigenvalue weighted by molar-refractivity contribution is -0.144. The number of nitrogens with zero attached hydrogens (tertiary/aromatic N) is 1. The average Bonchev–Trinajstić information content (AvgIpc) is 2.66. The monoisotopic (exact) mass is 350 g/mol. The molecule has 0 aliphatic heterocycles. The van der Waals surface area contributed by atoms with Crippen LogP contribution in [0.1, 0.15) is 31.0 Å². The zero-order valence-corrected chi connectivity index (χ0v) is 15.4. The number of carbonyl (C=O) groups excluding carboxylic acids is 2. The molecule has 0 spiro atoms. The van der Waals surface area contributed by atoms with Crippen LogP contribution in [-0.2, 0) is 16.1 Å². The minimum atomic E-state index is -0.689. The van der Waals surface area contributed by atoms with Gasteiger partial charge in [0.1, 0.15) is 6.04 Å². The number of benzene rings is 2. The molecule has 0 saturated carbocycles. The molecule has 0 radical (unpaired) electrons. The van der Waals surface area contributed by atoms with Gasteiger partial charge in [-0.1, -0.05) is 80.6 Å². The standard InChI is InChI=1S/C22H26N2O2/c1-4-15-23-21(25)20(19-13-9-6-10-14-19)24(22(26)17(2)3)16-18-11-7-5-8-12-18/h4-14,17,20H,1,15-16H2,2-3H3,(H,23,25)/t20-/m1/s1. The first-order valence-electron chi connectivity index (χ1n) is 8.82. The van der Waals surface area contributed by atoms with Crippen LogP contribution >= 0.6 is 0 Å². The Labute approximate surface area is 155 Å². The molecule has 0 aromatic heterocycles. The summed E-state index contributed by atoms with van der Waals surface area (Å²) >= 11 is 0. The van der Waals surface area contributed by atoms with Gasteiger partial charge in [0.05, 0.1) is 0 Å². The molecule has 1 N–H and O–H groups in total. The number of rotatable bonds is 8. The van der Waals surface area contributed by atoms with Crippen LogP contribution in [0.4, 0.5) is 0 Å². The van der Waals surface area contributed by atoms with Crippen LogP contribution < -0.4 is 5.32 Å². The lowest BCUT2D eigenvalue weighted by Gasteiger charge is -2.32. The van der Waals surface area contributed by atoms with E-state index in [1.54, 1.807) is 11.0 Å². The second kappa shape index (κ2) is 9.56. The van der Waals surface area contributed by atoms with Gasteiger partial charge in [0.25, 0.3) is 0 Å². The highest BCUT2D eigenvalue weighted by molar-refractivity contribution is 5.89. The van der Waals surface area contributed by atoms with E-state index in [0.29, 0.717) is 13.1 Å². The molecule has 0 fully saturated rings. The fourth-order valence-corrected chi connectivity index (χ4v) is 2.79. The zero-order chi connectivity index (χ0) is 18.9. The number of nitrogens with one attached hydrogen (secondary N) is 1. The van der Waals surface area contributed by atoms with E-state index >= 15 is 0 Å². The molecule has 0 heterocycles. The highest BCUT2D eigenvalue weighted by Crippen LogP contribution is 2.25. The summed E-state index contributed by atoms with van der Waals surface area (Å²) in [5.41, 5.74) is 1.78. The van der Waals surface area contributed by atoms with Gasteiger partial charge in [-0.2, -0.15) is 0 Å². The van der Waals surface area contributed by atoms with Gasteiger partial charge < -0.3 is 10.2 Å². The van der Waals surface area contributed by atoms with Crippen LogP contribution in [0.5, 0.6) is 0 Å². The Morgan fingerprint density at radius 2 is 1.62 bits per heavy atom. The van der Waals surface area contributed by atoms with Crippen molar-refractivity contribution in [3.8, 4) is 0 Å². The topological polar surface area (TPSA) is 49.4 Å². The molecule has 2 aromatic rings. The molecular formula is C22H26N2O2. The minimum absolute atomic E-state index is 0.0588. The fraction of sp³-hybridized carbons (Fsp3) is 0.273. The molecule has 1 atom stereocenters. The second-order valence-electron chi connectivity index (χ2n) is 6.45. The molecular weight excluding hydrogens is 324 g/mol. The van der Waals surface area contributed by atoms with Crippen LogP contribution in [0, 0.1) is 5.92 Å². The maximum absolute atomic E-state index is 13.0. The summed E-state index contributed by atoms with van der Waals surface area (Å²) in [4.78, 5) is 27.5. The molecule has 0 unspecified atom stereocenters. The van der Waals surface area contributed by atoms with Crippen LogP contribution in [0.3, 0.4) is 0 Å². The molecule has 0 aliphatic carbocycles. The molecule has 0 bridgehead atoms. The molecule has 4 heteroatoms. The number of hydrogen-bond donors (Lipinski definition) is 1. The maximum atomic E-state index is 13.0. The van der Waals surface area contributed by atoms with Crippen molar-refractivity contribution in [1.82, 2.24) is 10.2 Å². The number of hydrogen-bond acceptors (Lipinski definition) is 2. The quantitative estimate of drug-likeness (QED) is 0.738. The van der Waals surface area contributed by atoms with Crippen LogP contribution in [0.25, 0.3) is 0 Å². The van der Waals surface area contributed by atoms with Crippen molar-refractivity contribution in [3.63, 3.8) is 0 Å². The van der Waals surface area contributed by atoms with E-state index in [-0.39, 0.29) is 17.7 Å². The van der Waals surface area contributed by atoms with E-state index < -0.39 is 6.04 Å². The fourth-order valence-electron chi connectivity index (χ4n) is 2.79. The van der Waals surface area contributed by atoms with Gasteiger partial charge in [0, 0.05) is 19.0 Å². The second-order valence-corrected chi connectivity index (χ2v) is 6.45. The third kappa shape index (κ3) is 5.06. The predicted molar refractivity (Wildman–Crippen MR) is 104 cm³/mol. The first-order chi connectivity index (χ1) is 12.5. The van der Waals surface area contributed by atoms with E-state index in [2.05, 4.69) is 11.9 Å². The highest BCUT2D eigenvalue weighted by atomic mass is 16.2. The van der Waals surface area contributed by atoms with Crippen molar-refractivity contribution in [2.24, 2.45) is 5.92 Å². The number of amides is 2. The molecule has 26 heavy (non-hydrogen) atoms. The summed E-state index contributed by atoms with van der Waals surface area (Å²) in [6.45, 7) is 8.08. The summed E-state index contributed by atoms with van der Waals surface area (Å²) < 4.78 is 0. The summed E-state index contributed by atoms with van der Waals surface area (Å²) in [5.74, 6) is -0.477. The molecule has 2 rings (SSSR count). The van der Waals surface area contributed by atoms with Gasteiger partial charge in [0.15, 0.2) is 0 Å². The van der Waals surface area contributed by atoms with Crippen molar-refractivity contribution in [1.29, 1.82) is 0 Å². The Kier molecular flexibility index (Phi) is 7.15. The van der Waals surface area contributed by atoms with Gasteiger partial charge in [-0.25, -0.2) is 0 Å². The third-order valence-corrected chi connectivity index (χ3v) is 4.07. The Morgan fingerprint density at radius 1 is 1.04 bits per heavy atom. The Hall–Kier alpha value is -2.88. The van der Waals surface area contributed by atoms with Crippen molar-refractivity contribution in [2.45, 2.75) is 26.4 Å². The van der Waals surface area contributed by atoms with Crippen molar-refractivity contribution < 1.29 is 9.59 Å². The maximum Gasteiger partial charge on any atom is 0.247 e. The largest absolute Gasteiger partial charge is 0.351 e. The van der Waals surface area contributed by atoms with E-state index in [1.807, 2.05) is 74.5 Å². The van der Waals surface area contributed by atoms with E-state index in [0.717, 1.165) is 11.1 Å². The van der Waals surface area contributed by atoms with E-state index in [1.165, 1.54) is 0 Å². The van der Waals surface area contributed by atoms with Gasteiger partial charge in [0.2, 0.25) is 11.8 Å². The Bertz CT molecular complexity index is 726. The SMILES string of the molecule is C=CCNC(=O)[C@@H](c1ccccc1)N(Cc1ccccc1)C(=O)C(C)C. The first kappa shape index (κ1) is 19.4. The molecule has 2 amide bonds. The molecule has 0 saturated heterocycles. The molecule has 0 aliphatic rings. The normalized spacial score (nSPS) is 11.7. The van der Waals surface area contributed by atoms with Gasteiger partial charge in [-0.3, -0.25) is 9.59 Å². The van der Waals surface area contributed by atoms with Crippen molar-refractivity contribution >= 4 is 11.8 Å². The summed E-state index contributed by atoms with van der Waals surface area (Å²) in [6, 6.07) is 18.4. The van der Waals surface area contributed by atoms with Gasteiger partial charge in [-0.05, 0) is 11.1 Å². The highest BCUT2D eigenvalue weighted by Gasteiger charge is 2.32. The molecule has 2 aromatic carbocycles. The minimum Gasteiger partial charge on any atom is -0.351 e. The predicted octanol–water partition coefficient (Wildman–Crippen LogP) is 3.71. The van der Waals surface area contributed by atoms with Gasteiger partial charge >= 0.3 is 0 Å². The van der Waals surface area contributed by atoms with Crippen molar-refractivity contribution in [3.05, 3.63) is 84.4 Å². The Morgan fingerprint density at radius 3 is 2.15 bits per heavy atom. The lowest BCUT2D eigenvalue weighted by atomic mass is 10.0. The van der Waals surface area contributed by atoms with Crippen LogP contribution in [0.15, 0.2) is 73.3 Å². The molecule has 136 valence electrons. The lowest BCUT2D eigenvalue weighted by Crippen LogP contribution is -2.44. The zero-order valence-electron chi connectivity index (χ0n) is 15.4. The van der Waals surface area contributed by atoms with Crippen LogP contribution in [0.2, 0.25) is 0 Å². The smallest absolute Gasteiger partial charge is 0.247 e. The first-order valence-corrected chi connectivity index (χ1v) is 8.82. The Balaban J connectivity index is 2.44. The van der Waals surface area contributed by atoms with Gasteiger partial charge in [-0.15, -0.1) is 6.58 Å².